The fourth-order valence-corrected chi connectivity index (χ4v) is 10.3. The molecule has 0 saturated carbocycles. The van der Waals surface area contributed by atoms with Crippen LogP contribution < -0.4 is 71.6 Å². The number of carbonyl (C=O) groups is 11. The van der Waals surface area contributed by atoms with Crippen LogP contribution in [0, 0.1) is 0 Å². The van der Waals surface area contributed by atoms with Crippen LogP contribution in [0.4, 0.5) is 0 Å². The molecule has 27 nitrogen and oxygen atoms in total. The number of nitrogens with zero attached hydrogens (tertiary/aromatic N) is 2. The Morgan fingerprint density at radius 3 is 2.05 bits per heavy atom. The molecule has 0 aliphatic carbocycles. The molecule has 2 aromatic rings. The van der Waals surface area contributed by atoms with Crippen LogP contribution in [0.5, 0.6) is 5.75 Å². The van der Waals surface area contributed by atoms with Crippen LogP contribution in [0.25, 0.3) is 0 Å². The molecule has 11 amide bonds. The van der Waals surface area contributed by atoms with E-state index < -0.39 is 146 Å². The molecule has 2 aromatic carbocycles. The number of benzene rings is 2. The van der Waals surface area contributed by atoms with Gasteiger partial charge in [0.05, 0.1) is 19.0 Å². The number of imide groups is 1. The number of rotatable bonds is 18. The lowest BCUT2D eigenvalue weighted by Gasteiger charge is -2.29. The van der Waals surface area contributed by atoms with Crippen LogP contribution in [-0.2, 0) is 65.6 Å². The van der Waals surface area contributed by atoms with Crippen molar-refractivity contribution in [3.8, 4) is 5.75 Å². The van der Waals surface area contributed by atoms with Gasteiger partial charge in [0.2, 0.25) is 65.0 Å². The van der Waals surface area contributed by atoms with Crippen LogP contribution in [0.2, 0.25) is 0 Å². The van der Waals surface area contributed by atoms with Crippen LogP contribution in [-0.4, -0.2) is 160 Å². The summed E-state index contributed by atoms with van der Waals surface area (Å²) in [4.78, 5) is 154. The number of nitrogens with two attached hydrogens (primary N) is 6. The Morgan fingerprint density at radius 1 is 0.750 bits per heavy atom. The van der Waals surface area contributed by atoms with Crippen molar-refractivity contribution in [2.45, 2.75) is 113 Å². The summed E-state index contributed by atoms with van der Waals surface area (Å²) in [6.45, 7) is -0.244. The molecule has 0 radical (unpaired) electrons. The van der Waals surface area contributed by atoms with Crippen LogP contribution in [0.3, 0.4) is 0 Å². The highest BCUT2D eigenvalue weighted by Crippen LogP contribution is 2.24. The zero-order valence-corrected chi connectivity index (χ0v) is 43.2. The third kappa shape index (κ3) is 20.7. The molecule has 20 N–H and O–H groups in total. The molecule has 0 spiro atoms. The molecule has 76 heavy (non-hydrogen) atoms. The second kappa shape index (κ2) is 30.8. The number of carbonyl (C=O) groups excluding carboxylic acids is 11. The Hall–Kier alpha value is -7.50. The average molecular weight is 1100 g/mol. The van der Waals surface area contributed by atoms with Crippen molar-refractivity contribution in [3.05, 3.63) is 65.7 Å². The molecule has 0 aromatic heterocycles. The number of hydrogen-bond acceptors (Lipinski definition) is 17. The number of primary amides is 2. The van der Waals surface area contributed by atoms with Crippen molar-refractivity contribution in [1.82, 2.24) is 42.1 Å². The third-order valence-corrected chi connectivity index (χ3v) is 14.3. The zero-order chi connectivity index (χ0) is 55.9. The molecule has 2 fully saturated rings. The molecule has 0 unspecified atom stereocenters. The van der Waals surface area contributed by atoms with Gasteiger partial charge >= 0.3 is 0 Å². The minimum Gasteiger partial charge on any atom is -0.508 e. The summed E-state index contributed by atoms with van der Waals surface area (Å²) in [5.74, 6) is -10.5. The van der Waals surface area contributed by atoms with E-state index in [4.69, 9.17) is 34.4 Å². The predicted molar refractivity (Wildman–Crippen MR) is 280 cm³/mol. The lowest BCUT2D eigenvalue weighted by Crippen LogP contribution is -2.59. The Balaban J connectivity index is 1.67. The quantitative estimate of drug-likeness (QED) is 0.0218. The monoisotopic (exact) mass is 1100 g/mol. The van der Waals surface area contributed by atoms with E-state index in [0.29, 0.717) is 17.5 Å². The van der Waals surface area contributed by atoms with Gasteiger partial charge in [0.15, 0.2) is 5.96 Å². The number of likely N-dealkylation sites (tertiary alicyclic amines) is 1. The summed E-state index contributed by atoms with van der Waals surface area (Å²) < 4.78 is 0. The van der Waals surface area contributed by atoms with E-state index in [0.717, 1.165) is 21.6 Å². The third-order valence-electron chi connectivity index (χ3n) is 11.9. The summed E-state index contributed by atoms with van der Waals surface area (Å²) in [5.41, 5.74) is 34.8. The smallest absolute Gasteiger partial charge is 0.250 e. The number of phenols is 1. The summed E-state index contributed by atoms with van der Waals surface area (Å²) in [5, 5.41) is 27.5. The van der Waals surface area contributed by atoms with Gasteiger partial charge in [0, 0.05) is 49.9 Å². The van der Waals surface area contributed by atoms with Crippen molar-refractivity contribution < 1.29 is 57.8 Å². The zero-order valence-electron chi connectivity index (χ0n) is 41.5. The van der Waals surface area contributed by atoms with Crippen LogP contribution in [0.1, 0.15) is 62.5 Å². The molecule has 414 valence electrons. The Kier molecular flexibility index (Phi) is 24.7. The number of guanidine groups is 1. The van der Waals surface area contributed by atoms with E-state index >= 15 is 0 Å². The fourth-order valence-electron chi connectivity index (χ4n) is 8.02. The number of nitrogens with one attached hydrogen (secondary N) is 7. The van der Waals surface area contributed by atoms with Gasteiger partial charge in [-0.1, -0.05) is 64.1 Å². The van der Waals surface area contributed by atoms with Crippen molar-refractivity contribution in [1.29, 1.82) is 0 Å². The molecule has 29 heteroatoms. The average Bonchev–Trinajstić information content (AvgIpc) is 3.87. The number of aromatic hydroxyl groups is 1. The summed E-state index contributed by atoms with van der Waals surface area (Å²) in [7, 11) is 1.90. The first-order valence-corrected chi connectivity index (χ1v) is 26.7. The molecule has 2 aliphatic heterocycles. The lowest BCUT2D eigenvalue weighted by molar-refractivity contribution is -0.143. The second-order valence-corrected chi connectivity index (χ2v) is 20.5. The van der Waals surface area contributed by atoms with Crippen molar-refractivity contribution in [2.24, 2.45) is 39.4 Å². The number of hydrogen-bond donors (Lipinski definition) is 14. The first-order chi connectivity index (χ1) is 36.1. The van der Waals surface area contributed by atoms with E-state index in [9.17, 15) is 57.8 Å². The largest absolute Gasteiger partial charge is 0.508 e. The Labute approximate surface area is 445 Å². The maximum atomic E-state index is 14.2. The van der Waals surface area contributed by atoms with E-state index in [1.54, 1.807) is 42.5 Å². The van der Waals surface area contributed by atoms with Gasteiger partial charge in [-0.15, -0.1) is 0 Å². The van der Waals surface area contributed by atoms with Gasteiger partial charge in [0.25, 0.3) is 0 Å². The van der Waals surface area contributed by atoms with E-state index in [1.807, 2.05) is 0 Å². The van der Waals surface area contributed by atoms with E-state index in [2.05, 4.69) is 42.2 Å². The first-order valence-electron chi connectivity index (χ1n) is 24.2. The molecule has 2 heterocycles. The molecule has 8 atom stereocenters. The molecule has 2 aliphatic rings. The normalized spacial score (nSPS) is 22.6. The Bertz CT molecular complexity index is 2430. The number of phenolic OH excluding ortho intramolecular Hbond substituents is 1. The minimum atomic E-state index is -1.81. The number of amides is 11. The molecule has 2 saturated heterocycles. The first kappa shape index (κ1) is 61.1. The summed E-state index contributed by atoms with van der Waals surface area (Å²) in [6.07, 6.45) is -1.39. The highest BCUT2D eigenvalue weighted by molar-refractivity contribution is 8.76. The topological polar surface area (TPSA) is 464 Å². The highest BCUT2D eigenvalue weighted by Gasteiger charge is 2.40. The van der Waals surface area contributed by atoms with Crippen molar-refractivity contribution in [3.63, 3.8) is 0 Å². The van der Waals surface area contributed by atoms with Gasteiger partial charge in [-0.25, -0.2) is 0 Å². The standard InChI is InChI=1S/C47H67N15O12S2/c48-22-39(67)57-31(8-4-16-54-47(52)53)46(74)62-17-5-9-35(62)45(73)61-44(72)34-24-76-75-23-29(49)40(68)58-32(19-26-10-12-28(63)13-11-26)42(70)55-27(18-25-6-2-1-3-7-25)20-38(66)56-30(14-15-36(50)64)41(69)59-33(21-37(51)65)43(71)60-34/h1-3,6-7,10-13,27,29-35,63H,4-5,8-9,14-24,48-49H2,(H2,50,64)(H2,51,65)(H,55,70)(H,56,66)(H,57,67)(H,58,68)(H,59,69)(H,60,71)(H4,52,53,54)(H,61,72,73)/t27-,29-,30-,31-,32-,33-,34-,35-/m0/s1. The maximum Gasteiger partial charge on any atom is 0.250 e. The maximum absolute atomic E-state index is 14.2. The SMILES string of the molecule is NCC(=O)N[C@@H](CCCN=C(N)N)C(=O)N1CCC[C@H]1C(=O)NC(=O)[C@@H]1CSSC[C@H](N)C(=O)N[C@@H](Cc2ccc(O)cc2)C(=O)N[C@@H](Cc2ccccc2)CC(=O)N[C@@H](CCC(N)=O)C(=O)N[C@@H](CC(N)=O)C(=O)N1. The molecular weight excluding hydrogens is 1030 g/mol. The fraction of sp³-hybridized carbons (Fsp3) is 0.489. The second-order valence-electron chi connectivity index (χ2n) is 17.9. The summed E-state index contributed by atoms with van der Waals surface area (Å²) in [6, 6.07) is 3.73. The minimum absolute atomic E-state index is 0.0481. The molecular formula is C47H67N15O12S2. The highest BCUT2D eigenvalue weighted by atomic mass is 33.1. The van der Waals surface area contributed by atoms with E-state index in [1.165, 1.54) is 17.0 Å². The molecule has 0 bridgehead atoms. The summed E-state index contributed by atoms with van der Waals surface area (Å²) >= 11 is 0. The van der Waals surface area contributed by atoms with Crippen molar-refractivity contribution in [2.75, 3.05) is 31.1 Å². The van der Waals surface area contributed by atoms with Gasteiger partial charge in [0.1, 0.15) is 42.0 Å². The molecule has 4 rings (SSSR count). The van der Waals surface area contributed by atoms with Gasteiger partial charge in [-0.3, -0.25) is 63.0 Å². The van der Waals surface area contributed by atoms with Gasteiger partial charge in [-0.2, -0.15) is 0 Å². The Morgan fingerprint density at radius 2 is 1.39 bits per heavy atom. The van der Waals surface area contributed by atoms with Gasteiger partial charge < -0.3 is 76.3 Å². The van der Waals surface area contributed by atoms with Gasteiger partial charge in [-0.05, 0) is 61.8 Å². The lowest BCUT2D eigenvalue weighted by atomic mass is 10.00. The number of aliphatic imine (C=N–C) groups is 1. The predicted octanol–water partition coefficient (Wildman–Crippen LogP) is -5.01. The van der Waals surface area contributed by atoms with Crippen LogP contribution in [0.15, 0.2) is 59.6 Å². The van der Waals surface area contributed by atoms with Crippen molar-refractivity contribution >= 4 is 92.5 Å². The van der Waals surface area contributed by atoms with Crippen LogP contribution >= 0.6 is 21.6 Å². The van der Waals surface area contributed by atoms with E-state index in [-0.39, 0.29) is 68.4 Å².